The molecule has 0 spiro atoms. The van der Waals surface area contributed by atoms with Crippen LogP contribution in [0.25, 0.3) is 0 Å². The van der Waals surface area contributed by atoms with Gasteiger partial charge in [-0.15, -0.1) is 0 Å². The summed E-state index contributed by atoms with van der Waals surface area (Å²) in [5.74, 6) is 0.0291. The van der Waals surface area contributed by atoms with Crippen molar-refractivity contribution in [1.29, 1.82) is 0 Å². The molecule has 0 heterocycles. The van der Waals surface area contributed by atoms with Crippen molar-refractivity contribution in [2.24, 2.45) is 0 Å². The molecule has 4 heteroatoms. The number of carbonyl (C=O) groups is 1. The Morgan fingerprint density at radius 3 is 2.75 bits per heavy atom. The molecule has 0 unspecified atom stereocenters. The van der Waals surface area contributed by atoms with Crippen molar-refractivity contribution in [3.63, 3.8) is 0 Å². The van der Waals surface area contributed by atoms with E-state index >= 15 is 0 Å². The topological polar surface area (TPSA) is 41.1 Å². The van der Waals surface area contributed by atoms with Gasteiger partial charge in [-0.25, -0.2) is 0 Å². The molecule has 3 nitrogen and oxygen atoms in total. The van der Waals surface area contributed by atoms with Gasteiger partial charge in [-0.3, -0.25) is 4.79 Å². The number of halogens is 1. The van der Waals surface area contributed by atoms with E-state index in [1.165, 1.54) is 0 Å². The lowest BCUT2D eigenvalue weighted by molar-refractivity contribution is -0.120. The fourth-order valence-corrected chi connectivity index (χ4v) is 2.07. The molecule has 0 saturated carbocycles. The van der Waals surface area contributed by atoms with Gasteiger partial charge in [-0.1, -0.05) is 34.1 Å². The summed E-state index contributed by atoms with van der Waals surface area (Å²) in [5, 5.41) is 5.94. The summed E-state index contributed by atoms with van der Waals surface area (Å²) in [5.41, 5.74) is 1.16. The number of hydrogen-bond donors (Lipinski definition) is 2. The third-order valence-electron chi connectivity index (χ3n) is 2.31. The average Bonchev–Trinajstić information content (AvgIpc) is 2.27. The zero-order valence-electron chi connectivity index (χ0n) is 9.59. The van der Waals surface area contributed by atoms with Crippen LogP contribution in [0.4, 0.5) is 0 Å². The second kappa shape index (κ2) is 6.66. The van der Waals surface area contributed by atoms with Crippen LogP contribution in [-0.4, -0.2) is 19.0 Å². The average molecular weight is 285 g/mol. The molecule has 0 aliphatic carbocycles. The molecule has 1 aromatic carbocycles. The number of amides is 1. The summed E-state index contributed by atoms with van der Waals surface area (Å²) in [6, 6.07) is 8.16. The lowest BCUT2D eigenvalue weighted by Gasteiger charge is -2.15. The van der Waals surface area contributed by atoms with Crippen LogP contribution < -0.4 is 10.6 Å². The van der Waals surface area contributed by atoms with Crippen molar-refractivity contribution in [2.75, 3.05) is 13.1 Å². The van der Waals surface area contributed by atoms with Gasteiger partial charge >= 0.3 is 0 Å². The molecule has 0 bridgehead atoms. The molecule has 1 amide bonds. The Labute approximate surface area is 105 Å². The first-order valence-electron chi connectivity index (χ1n) is 5.39. The second-order valence-electron chi connectivity index (χ2n) is 3.58. The van der Waals surface area contributed by atoms with Crippen molar-refractivity contribution >= 4 is 21.8 Å². The summed E-state index contributed by atoms with van der Waals surface area (Å²) in [6.45, 7) is 4.97. The molecule has 1 atom stereocenters. The van der Waals surface area contributed by atoms with Gasteiger partial charge in [-0.2, -0.15) is 0 Å². The van der Waals surface area contributed by atoms with Crippen molar-refractivity contribution in [1.82, 2.24) is 10.6 Å². The Morgan fingerprint density at radius 1 is 1.44 bits per heavy atom. The van der Waals surface area contributed by atoms with Crippen molar-refractivity contribution in [3.8, 4) is 0 Å². The highest BCUT2D eigenvalue weighted by Gasteiger charge is 2.09. The van der Waals surface area contributed by atoms with E-state index in [0.717, 1.165) is 10.0 Å². The molecule has 1 rings (SSSR count). The fourth-order valence-electron chi connectivity index (χ4n) is 1.44. The number of nitrogens with one attached hydrogen (secondary N) is 2. The SMILES string of the molecule is CCNC(=O)CN[C@@H](C)c1ccccc1Br. The molecule has 1 aromatic rings. The number of rotatable bonds is 5. The summed E-state index contributed by atoms with van der Waals surface area (Å²) >= 11 is 3.49. The van der Waals surface area contributed by atoms with Crippen LogP contribution in [0.5, 0.6) is 0 Å². The Balaban J connectivity index is 2.50. The molecule has 16 heavy (non-hydrogen) atoms. The van der Waals surface area contributed by atoms with E-state index in [-0.39, 0.29) is 11.9 Å². The smallest absolute Gasteiger partial charge is 0.233 e. The van der Waals surface area contributed by atoms with Gasteiger partial charge < -0.3 is 10.6 Å². The lowest BCUT2D eigenvalue weighted by Crippen LogP contribution is -2.34. The van der Waals surface area contributed by atoms with Crippen LogP contribution >= 0.6 is 15.9 Å². The predicted octanol–water partition coefficient (Wildman–Crippen LogP) is 2.24. The van der Waals surface area contributed by atoms with E-state index in [0.29, 0.717) is 13.1 Å². The van der Waals surface area contributed by atoms with Crippen molar-refractivity contribution in [2.45, 2.75) is 19.9 Å². The molecule has 2 N–H and O–H groups in total. The maximum Gasteiger partial charge on any atom is 0.233 e. The van der Waals surface area contributed by atoms with Crippen LogP contribution in [0.15, 0.2) is 28.7 Å². The van der Waals surface area contributed by atoms with E-state index in [2.05, 4.69) is 26.6 Å². The Morgan fingerprint density at radius 2 is 2.12 bits per heavy atom. The highest BCUT2D eigenvalue weighted by Crippen LogP contribution is 2.22. The largest absolute Gasteiger partial charge is 0.355 e. The molecule has 0 radical (unpaired) electrons. The maximum atomic E-state index is 11.3. The molecular formula is C12H17BrN2O. The standard InChI is InChI=1S/C12H17BrN2O/c1-3-14-12(16)8-15-9(2)10-6-4-5-7-11(10)13/h4-7,9,15H,3,8H2,1-2H3,(H,14,16)/t9-/m0/s1. The van der Waals surface area contributed by atoms with Gasteiger partial charge in [0.15, 0.2) is 0 Å². The van der Waals surface area contributed by atoms with E-state index in [1.807, 2.05) is 38.1 Å². The monoisotopic (exact) mass is 284 g/mol. The van der Waals surface area contributed by atoms with Gasteiger partial charge in [0.1, 0.15) is 0 Å². The first-order valence-corrected chi connectivity index (χ1v) is 6.19. The zero-order chi connectivity index (χ0) is 12.0. The molecule has 0 aromatic heterocycles. The quantitative estimate of drug-likeness (QED) is 0.871. The number of benzene rings is 1. The summed E-state index contributed by atoms with van der Waals surface area (Å²) < 4.78 is 1.06. The van der Waals surface area contributed by atoms with E-state index in [9.17, 15) is 4.79 Å². The minimum absolute atomic E-state index is 0.0291. The highest BCUT2D eigenvalue weighted by molar-refractivity contribution is 9.10. The molecular weight excluding hydrogens is 268 g/mol. The van der Waals surface area contributed by atoms with E-state index < -0.39 is 0 Å². The summed E-state index contributed by atoms with van der Waals surface area (Å²) in [6.07, 6.45) is 0. The van der Waals surface area contributed by atoms with Gasteiger partial charge in [0.05, 0.1) is 6.54 Å². The van der Waals surface area contributed by atoms with Crippen LogP contribution in [-0.2, 0) is 4.79 Å². The number of carbonyl (C=O) groups excluding carboxylic acids is 1. The minimum atomic E-state index is 0.0291. The molecule has 0 aliphatic heterocycles. The van der Waals surface area contributed by atoms with E-state index in [4.69, 9.17) is 0 Å². The van der Waals surface area contributed by atoms with Crippen molar-refractivity contribution < 1.29 is 4.79 Å². The van der Waals surface area contributed by atoms with Crippen LogP contribution in [0.3, 0.4) is 0 Å². The van der Waals surface area contributed by atoms with Gasteiger partial charge in [0.25, 0.3) is 0 Å². The van der Waals surface area contributed by atoms with Gasteiger partial charge in [-0.05, 0) is 25.5 Å². The van der Waals surface area contributed by atoms with Crippen molar-refractivity contribution in [3.05, 3.63) is 34.3 Å². The third-order valence-corrected chi connectivity index (χ3v) is 3.04. The minimum Gasteiger partial charge on any atom is -0.355 e. The normalized spacial score (nSPS) is 12.2. The number of hydrogen-bond acceptors (Lipinski definition) is 2. The Kier molecular flexibility index (Phi) is 5.49. The Hall–Kier alpha value is -0.870. The molecule has 0 aliphatic rings. The van der Waals surface area contributed by atoms with Crippen LogP contribution in [0.1, 0.15) is 25.5 Å². The maximum absolute atomic E-state index is 11.3. The molecule has 0 saturated heterocycles. The fraction of sp³-hybridized carbons (Fsp3) is 0.417. The van der Waals surface area contributed by atoms with Crippen LogP contribution in [0.2, 0.25) is 0 Å². The van der Waals surface area contributed by atoms with Gasteiger partial charge in [0.2, 0.25) is 5.91 Å². The highest BCUT2D eigenvalue weighted by atomic mass is 79.9. The second-order valence-corrected chi connectivity index (χ2v) is 4.43. The Bertz CT molecular complexity index is 355. The van der Waals surface area contributed by atoms with Crippen LogP contribution in [0, 0.1) is 0 Å². The zero-order valence-corrected chi connectivity index (χ0v) is 11.2. The first kappa shape index (κ1) is 13.2. The molecule has 0 fully saturated rings. The first-order chi connectivity index (χ1) is 7.65. The lowest BCUT2D eigenvalue weighted by atomic mass is 10.1. The number of likely N-dealkylation sites (N-methyl/N-ethyl adjacent to an activating group) is 1. The third kappa shape index (κ3) is 3.94. The van der Waals surface area contributed by atoms with E-state index in [1.54, 1.807) is 0 Å². The van der Waals surface area contributed by atoms with Gasteiger partial charge in [0, 0.05) is 17.1 Å². The summed E-state index contributed by atoms with van der Waals surface area (Å²) in [7, 11) is 0. The predicted molar refractivity (Wildman–Crippen MR) is 69.2 cm³/mol. The summed E-state index contributed by atoms with van der Waals surface area (Å²) in [4.78, 5) is 11.3. The molecule has 88 valence electrons.